The Kier molecular flexibility index (Phi) is 22.8. The van der Waals surface area contributed by atoms with Crippen LogP contribution in [0.4, 0.5) is 0 Å². The monoisotopic (exact) mass is 343 g/mol. The zero-order valence-electron chi connectivity index (χ0n) is 17.9. The van der Waals surface area contributed by atoms with Crippen LogP contribution in [-0.4, -0.2) is 35.7 Å². The molecule has 0 amide bonds. The molecule has 0 radical (unpaired) electrons. The first-order valence-corrected chi connectivity index (χ1v) is 10.8. The van der Waals surface area contributed by atoms with E-state index in [0.717, 1.165) is 19.0 Å². The molecule has 0 saturated carbocycles. The predicted molar refractivity (Wildman–Crippen MR) is 111 cm³/mol. The van der Waals surface area contributed by atoms with E-state index in [1.807, 2.05) is 0 Å². The number of aliphatic hydroxyl groups excluding tert-OH is 1. The topological polar surface area (TPSA) is 23.5 Å². The van der Waals surface area contributed by atoms with Gasteiger partial charge in [-0.25, -0.2) is 0 Å². The van der Waals surface area contributed by atoms with E-state index in [1.54, 1.807) is 0 Å². The first-order valence-electron chi connectivity index (χ1n) is 10.8. The highest BCUT2D eigenvalue weighted by molar-refractivity contribution is 4.62. The van der Waals surface area contributed by atoms with Gasteiger partial charge in [0.2, 0.25) is 0 Å². The van der Waals surface area contributed by atoms with Gasteiger partial charge in [-0.2, -0.15) is 0 Å². The molecule has 0 rings (SSSR count). The first-order chi connectivity index (χ1) is 11.5. The van der Waals surface area contributed by atoms with Crippen LogP contribution >= 0.6 is 0 Å². The molecule has 1 N–H and O–H groups in total. The van der Waals surface area contributed by atoms with Crippen LogP contribution in [0.3, 0.4) is 0 Å². The van der Waals surface area contributed by atoms with Crippen LogP contribution in [-0.2, 0) is 0 Å². The summed E-state index contributed by atoms with van der Waals surface area (Å²) in [4.78, 5) is 2.32. The molecule has 0 heterocycles. The summed E-state index contributed by atoms with van der Waals surface area (Å²) in [5.41, 5.74) is 0. The van der Waals surface area contributed by atoms with Crippen LogP contribution < -0.4 is 0 Å². The summed E-state index contributed by atoms with van der Waals surface area (Å²) in [5.74, 6) is 0.755. The third-order valence-corrected chi connectivity index (χ3v) is 4.57. The smallest absolute Gasteiger partial charge is 0.0558 e. The Morgan fingerprint density at radius 2 is 1.08 bits per heavy atom. The molecule has 0 aromatic rings. The standard InChI is InChI=1S/C12H26.C10H23NO/c1-3-5-7-9-11-12-10-8-6-4-2;1-9(2)5-6-11(7-8-12)10(3)4/h3-12H2,1-2H3;9-10,12H,5-8H2,1-4H3. The zero-order chi connectivity index (χ0) is 18.6. The van der Waals surface area contributed by atoms with Gasteiger partial charge in [-0.3, -0.25) is 4.90 Å². The van der Waals surface area contributed by atoms with E-state index in [1.165, 1.54) is 70.6 Å². The van der Waals surface area contributed by atoms with Gasteiger partial charge < -0.3 is 5.11 Å². The molecule has 0 fully saturated rings. The molecule has 0 aromatic carbocycles. The molecule has 2 nitrogen and oxygen atoms in total. The van der Waals surface area contributed by atoms with Gasteiger partial charge in [0.1, 0.15) is 0 Å². The predicted octanol–water partition coefficient (Wildman–Crippen LogP) is 6.66. The van der Waals surface area contributed by atoms with Crippen LogP contribution in [0.15, 0.2) is 0 Å². The maximum Gasteiger partial charge on any atom is 0.0558 e. The van der Waals surface area contributed by atoms with Crippen molar-refractivity contribution < 1.29 is 5.11 Å². The molecule has 24 heavy (non-hydrogen) atoms. The summed E-state index contributed by atoms with van der Waals surface area (Å²) >= 11 is 0. The second-order valence-corrected chi connectivity index (χ2v) is 7.86. The van der Waals surface area contributed by atoms with E-state index < -0.39 is 0 Å². The van der Waals surface area contributed by atoms with E-state index in [4.69, 9.17) is 5.11 Å². The third kappa shape index (κ3) is 21.9. The summed E-state index contributed by atoms with van der Waals surface area (Å²) in [6.07, 6.45) is 15.7. The molecule has 0 bridgehead atoms. The minimum Gasteiger partial charge on any atom is -0.395 e. The van der Waals surface area contributed by atoms with Crippen molar-refractivity contribution in [3.05, 3.63) is 0 Å². The lowest BCUT2D eigenvalue weighted by Gasteiger charge is -2.26. The average molecular weight is 344 g/mol. The van der Waals surface area contributed by atoms with Gasteiger partial charge in [0, 0.05) is 12.6 Å². The minimum atomic E-state index is 0.274. The normalized spacial score (nSPS) is 11.2. The van der Waals surface area contributed by atoms with Crippen LogP contribution in [0.1, 0.15) is 112 Å². The van der Waals surface area contributed by atoms with Crippen molar-refractivity contribution >= 4 is 0 Å². The molecule has 0 saturated heterocycles. The Labute approximate surface area is 154 Å². The van der Waals surface area contributed by atoms with E-state index in [9.17, 15) is 0 Å². The molecule has 0 unspecified atom stereocenters. The van der Waals surface area contributed by atoms with Crippen LogP contribution in [0.25, 0.3) is 0 Å². The van der Waals surface area contributed by atoms with Gasteiger partial charge in [-0.1, -0.05) is 91.9 Å². The fourth-order valence-corrected chi connectivity index (χ4v) is 2.74. The average Bonchev–Trinajstić information content (AvgIpc) is 2.54. The highest BCUT2D eigenvalue weighted by Gasteiger charge is 2.08. The van der Waals surface area contributed by atoms with Gasteiger partial charge in [-0.05, 0) is 32.7 Å². The lowest BCUT2D eigenvalue weighted by Crippen LogP contribution is -2.34. The second-order valence-electron chi connectivity index (χ2n) is 7.86. The Bertz CT molecular complexity index is 206. The summed E-state index contributed by atoms with van der Waals surface area (Å²) in [6.45, 7) is 15.6. The highest BCUT2D eigenvalue weighted by atomic mass is 16.3. The number of nitrogens with zero attached hydrogens (tertiary/aromatic N) is 1. The van der Waals surface area contributed by atoms with E-state index in [-0.39, 0.29) is 6.61 Å². The van der Waals surface area contributed by atoms with Crippen molar-refractivity contribution in [3.63, 3.8) is 0 Å². The molecule has 148 valence electrons. The summed E-state index contributed by atoms with van der Waals surface area (Å²) < 4.78 is 0. The SMILES string of the molecule is CC(C)CCN(CCO)C(C)C.CCCCCCCCCCCC. The minimum absolute atomic E-state index is 0.274. The van der Waals surface area contributed by atoms with E-state index >= 15 is 0 Å². The highest BCUT2D eigenvalue weighted by Crippen LogP contribution is 2.10. The molecule has 2 heteroatoms. The fraction of sp³-hybridized carbons (Fsp3) is 1.00. The van der Waals surface area contributed by atoms with Gasteiger partial charge in [-0.15, -0.1) is 0 Å². The summed E-state index contributed by atoms with van der Waals surface area (Å²) in [7, 11) is 0. The molecule has 0 aliphatic heterocycles. The maximum absolute atomic E-state index is 8.81. The van der Waals surface area contributed by atoms with Crippen LogP contribution in [0.2, 0.25) is 0 Å². The Morgan fingerprint density at radius 1 is 0.667 bits per heavy atom. The van der Waals surface area contributed by atoms with E-state index in [2.05, 4.69) is 46.4 Å². The fourth-order valence-electron chi connectivity index (χ4n) is 2.74. The molecule has 0 aliphatic carbocycles. The Balaban J connectivity index is 0. The van der Waals surface area contributed by atoms with Crippen molar-refractivity contribution in [1.82, 2.24) is 4.90 Å². The molecular formula is C22H49NO. The number of aliphatic hydroxyl groups is 1. The Morgan fingerprint density at radius 3 is 1.38 bits per heavy atom. The maximum atomic E-state index is 8.81. The number of unbranched alkanes of at least 4 members (excludes halogenated alkanes) is 9. The molecule has 0 spiro atoms. The third-order valence-electron chi connectivity index (χ3n) is 4.57. The van der Waals surface area contributed by atoms with E-state index in [0.29, 0.717) is 6.04 Å². The van der Waals surface area contributed by atoms with Crippen molar-refractivity contribution in [2.24, 2.45) is 5.92 Å². The van der Waals surface area contributed by atoms with Crippen molar-refractivity contribution in [2.45, 2.75) is 118 Å². The lowest BCUT2D eigenvalue weighted by atomic mass is 10.1. The van der Waals surface area contributed by atoms with Crippen LogP contribution in [0.5, 0.6) is 0 Å². The summed E-state index contributed by atoms with van der Waals surface area (Å²) in [5, 5.41) is 8.81. The number of hydrogen-bond donors (Lipinski definition) is 1. The van der Waals surface area contributed by atoms with Gasteiger partial charge in [0.15, 0.2) is 0 Å². The van der Waals surface area contributed by atoms with Crippen molar-refractivity contribution in [2.75, 3.05) is 19.7 Å². The molecular weight excluding hydrogens is 294 g/mol. The Hall–Kier alpha value is -0.0800. The summed E-state index contributed by atoms with van der Waals surface area (Å²) in [6, 6.07) is 0.552. The zero-order valence-corrected chi connectivity index (χ0v) is 17.9. The van der Waals surface area contributed by atoms with Gasteiger partial charge >= 0.3 is 0 Å². The van der Waals surface area contributed by atoms with Crippen molar-refractivity contribution in [3.8, 4) is 0 Å². The molecule has 0 aliphatic rings. The quantitative estimate of drug-likeness (QED) is 0.336. The second kappa shape index (κ2) is 21.0. The lowest BCUT2D eigenvalue weighted by molar-refractivity contribution is 0.159. The number of rotatable bonds is 15. The molecule has 0 aromatic heterocycles. The van der Waals surface area contributed by atoms with Gasteiger partial charge in [0.05, 0.1) is 6.61 Å². The first kappa shape index (κ1) is 26.2. The van der Waals surface area contributed by atoms with Gasteiger partial charge in [0.25, 0.3) is 0 Å². The number of hydrogen-bond acceptors (Lipinski definition) is 2. The van der Waals surface area contributed by atoms with Crippen molar-refractivity contribution in [1.29, 1.82) is 0 Å². The van der Waals surface area contributed by atoms with Crippen LogP contribution in [0, 0.1) is 5.92 Å². The molecule has 0 atom stereocenters. The largest absolute Gasteiger partial charge is 0.395 e.